The second kappa shape index (κ2) is 8.45. The highest BCUT2D eigenvalue weighted by molar-refractivity contribution is 14.0. The van der Waals surface area contributed by atoms with Crippen LogP contribution in [0.4, 0.5) is 0 Å². The van der Waals surface area contributed by atoms with Gasteiger partial charge < -0.3 is 20.3 Å². The summed E-state index contributed by atoms with van der Waals surface area (Å²) < 4.78 is 6.09. The van der Waals surface area contributed by atoms with E-state index in [-0.39, 0.29) is 48.1 Å². The Hall–Kier alpha value is -1.51. The zero-order valence-corrected chi connectivity index (χ0v) is 18.2. The highest BCUT2D eigenvalue weighted by Gasteiger charge is 2.34. The number of carbonyl (C=O) groups is 1. The molecule has 0 saturated heterocycles. The number of guanidine groups is 1. The maximum atomic E-state index is 11.9. The minimum absolute atomic E-state index is 0. The van der Waals surface area contributed by atoms with Crippen LogP contribution in [-0.4, -0.2) is 49.0 Å². The third-order valence-electron chi connectivity index (χ3n) is 4.48. The van der Waals surface area contributed by atoms with Gasteiger partial charge in [-0.3, -0.25) is 4.79 Å². The van der Waals surface area contributed by atoms with Gasteiger partial charge in [0, 0.05) is 32.1 Å². The molecule has 0 aromatic heterocycles. The molecule has 1 unspecified atom stereocenters. The maximum Gasteiger partial charge on any atom is 0.243 e. The molecule has 26 heavy (non-hydrogen) atoms. The van der Waals surface area contributed by atoms with E-state index in [9.17, 15) is 4.79 Å². The summed E-state index contributed by atoms with van der Waals surface area (Å²) in [6.07, 6.45) is 3.13. The van der Waals surface area contributed by atoms with Crippen LogP contribution in [0.25, 0.3) is 0 Å². The number of amides is 1. The number of halogens is 1. The molecular weight excluding hydrogens is 443 g/mol. The predicted molar refractivity (Wildman–Crippen MR) is 114 cm³/mol. The molecule has 1 saturated carbocycles. The standard InChI is InChI=1S/C19H28N4O2.HI/c1-19(2)11-15(14-7-5-6-8-16(14)25-19)22-18(21-13-9-10-13)20-12-17(24)23(3)4;/h5-8,13,15H,9-12H2,1-4H3,(H2,20,21,22);1H. The number of nitrogens with zero attached hydrogens (tertiary/aromatic N) is 2. The Bertz CT molecular complexity index is 671. The van der Waals surface area contributed by atoms with Crippen molar-refractivity contribution >= 4 is 35.8 Å². The summed E-state index contributed by atoms with van der Waals surface area (Å²) in [6.45, 7) is 4.33. The molecule has 144 valence electrons. The van der Waals surface area contributed by atoms with Crippen molar-refractivity contribution in [1.29, 1.82) is 0 Å². The van der Waals surface area contributed by atoms with Crippen molar-refractivity contribution in [2.24, 2.45) is 4.99 Å². The number of fused-ring (bicyclic) bond motifs is 1. The molecular formula is C19H29IN4O2. The van der Waals surface area contributed by atoms with Crippen LogP contribution in [0.2, 0.25) is 0 Å². The third kappa shape index (κ3) is 5.49. The number of likely N-dealkylation sites (N-methyl/N-ethyl adjacent to an activating group) is 1. The van der Waals surface area contributed by atoms with Crippen LogP contribution in [0.5, 0.6) is 5.75 Å². The fraction of sp³-hybridized carbons (Fsp3) is 0.579. The maximum absolute atomic E-state index is 11.9. The van der Waals surface area contributed by atoms with E-state index in [0.717, 1.165) is 30.6 Å². The summed E-state index contributed by atoms with van der Waals surface area (Å²) >= 11 is 0. The molecule has 0 spiro atoms. The minimum Gasteiger partial charge on any atom is -0.487 e. The number of rotatable bonds is 4. The SMILES string of the molecule is CN(C)C(=O)CN=C(NC1CC1)NC1CC(C)(C)Oc2ccccc21.I. The molecule has 1 aromatic rings. The number of nitrogens with one attached hydrogen (secondary N) is 2. The average molecular weight is 472 g/mol. The molecule has 1 heterocycles. The van der Waals surface area contributed by atoms with Gasteiger partial charge in [0.25, 0.3) is 0 Å². The number of benzene rings is 1. The van der Waals surface area contributed by atoms with Crippen molar-refractivity contribution in [3.05, 3.63) is 29.8 Å². The number of para-hydroxylation sites is 1. The average Bonchev–Trinajstić information content (AvgIpc) is 3.35. The second-order valence-electron chi connectivity index (χ2n) is 7.67. The van der Waals surface area contributed by atoms with Crippen molar-refractivity contribution in [1.82, 2.24) is 15.5 Å². The Morgan fingerprint density at radius 3 is 2.62 bits per heavy atom. The van der Waals surface area contributed by atoms with Gasteiger partial charge in [0.1, 0.15) is 17.9 Å². The number of hydrogen-bond acceptors (Lipinski definition) is 3. The first-order valence-electron chi connectivity index (χ1n) is 8.90. The summed E-state index contributed by atoms with van der Waals surface area (Å²) in [5, 5.41) is 6.94. The van der Waals surface area contributed by atoms with E-state index in [0.29, 0.717) is 12.0 Å². The molecule has 1 aliphatic heterocycles. The van der Waals surface area contributed by atoms with Crippen molar-refractivity contribution in [3.63, 3.8) is 0 Å². The Balaban J connectivity index is 0.00000243. The van der Waals surface area contributed by atoms with E-state index in [2.05, 4.69) is 35.5 Å². The van der Waals surface area contributed by atoms with Crippen LogP contribution in [-0.2, 0) is 4.79 Å². The van der Waals surface area contributed by atoms with Gasteiger partial charge in [-0.2, -0.15) is 0 Å². The van der Waals surface area contributed by atoms with Crippen molar-refractivity contribution in [2.45, 2.75) is 50.8 Å². The van der Waals surface area contributed by atoms with Crippen molar-refractivity contribution < 1.29 is 9.53 Å². The molecule has 6 nitrogen and oxygen atoms in total. The Morgan fingerprint density at radius 1 is 1.27 bits per heavy atom. The van der Waals surface area contributed by atoms with Gasteiger partial charge in [-0.05, 0) is 32.8 Å². The first kappa shape index (κ1) is 20.8. The minimum atomic E-state index is -0.254. The quantitative estimate of drug-likeness (QED) is 0.402. The van der Waals surface area contributed by atoms with Crippen LogP contribution >= 0.6 is 24.0 Å². The number of carbonyl (C=O) groups excluding carboxylic acids is 1. The van der Waals surface area contributed by atoms with Crippen LogP contribution < -0.4 is 15.4 Å². The molecule has 2 N–H and O–H groups in total. The molecule has 2 aliphatic rings. The third-order valence-corrected chi connectivity index (χ3v) is 4.48. The fourth-order valence-corrected chi connectivity index (χ4v) is 2.94. The van der Waals surface area contributed by atoms with Crippen LogP contribution in [0, 0.1) is 0 Å². The normalized spacial score (nSPS) is 20.9. The van der Waals surface area contributed by atoms with Crippen LogP contribution in [0.1, 0.15) is 44.7 Å². The van der Waals surface area contributed by atoms with Gasteiger partial charge in [0.15, 0.2) is 5.96 Å². The molecule has 1 aliphatic carbocycles. The molecule has 0 bridgehead atoms. The van der Waals surface area contributed by atoms with Crippen molar-refractivity contribution in [2.75, 3.05) is 20.6 Å². The van der Waals surface area contributed by atoms with E-state index in [1.165, 1.54) is 0 Å². The topological polar surface area (TPSA) is 66.0 Å². The molecule has 1 aromatic carbocycles. The van der Waals surface area contributed by atoms with Crippen LogP contribution in [0.15, 0.2) is 29.3 Å². The lowest BCUT2D eigenvalue weighted by atomic mass is 9.90. The lowest BCUT2D eigenvalue weighted by Gasteiger charge is -2.38. The number of hydrogen-bond donors (Lipinski definition) is 2. The van der Waals surface area contributed by atoms with Gasteiger partial charge in [-0.1, -0.05) is 18.2 Å². The van der Waals surface area contributed by atoms with E-state index in [1.54, 1.807) is 19.0 Å². The monoisotopic (exact) mass is 472 g/mol. The summed E-state index contributed by atoms with van der Waals surface area (Å²) in [7, 11) is 3.49. The van der Waals surface area contributed by atoms with Gasteiger partial charge >= 0.3 is 0 Å². The van der Waals surface area contributed by atoms with Gasteiger partial charge in [0.2, 0.25) is 5.91 Å². The summed E-state index contributed by atoms with van der Waals surface area (Å²) in [5.74, 6) is 1.60. The largest absolute Gasteiger partial charge is 0.487 e. The Kier molecular flexibility index (Phi) is 6.76. The first-order chi connectivity index (χ1) is 11.8. The zero-order valence-electron chi connectivity index (χ0n) is 15.9. The fourth-order valence-electron chi connectivity index (χ4n) is 2.94. The summed E-state index contributed by atoms with van der Waals surface area (Å²) in [6, 6.07) is 8.66. The zero-order chi connectivity index (χ0) is 18.0. The second-order valence-corrected chi connectivity index (χ2v) is 7.67. The summed E-state index contributed by atoms with van der Waals surface area (Å²) in [5.41, 5.74) is 0.877. The predicted octanol–water partition coefficient (Wildman–Crippen LogP) is 2.69. The van der Waals surface area contributed by atoms with E-state index in [1.807, 2.05) is 18.2 Å². The smallest absolute Gasteiger partial charge is 0.243 e. The van der Waals surface area contributed by atoms with Gasteiger partial charge in [0.05, 0.1) is 6.04 Å². The van der Waals surface area contributed by atoms with E-state index >= 15 is 0 Å². The molecule has 1 fully saturated rings. The van der Waals surface area contributed by atoms with Crippen molar-refractivity contribution in [3.8, 4) is 5.75 Å². The highest BCUT2D eigenvalue weighted by atomic mass is 127. The number of aliphatic imine (C=N–C) groups is 1. The Morgan fingerprint density at radius 2 is 1.96 bits per heavy atom. The molecule has 3 rings (SSSR count). The first-order valence-corrected chi connectivity index (χ1v) is 8.90. The summed E-state index contributed by atoms with van der Waals surface area (Å²) in [4.78, 5) is 17.9. The van der Waals surface area contributed by atoms with Gasteiger partial charge in [-0.15, -0.1) is 24.0 Å². The lowest BCUT2D eigenvalue weighted by Crippen LogP contribution is -2.46. The molecule has 1 amide bonds. The Labute approximate surface area is 172 Å². The highest BCUT2D eigenvalue weighted by Crippen LogP contribution is 2.39. The van der Waals surface area contributed by atoms with E-state index < -0.39 is 0 Å². The number of ether oxygens (including phenoxy) is 1. The van der Waals surface area contributed by atoms with Crippen LogP contribution in [0.3, 0.4) is 0 Å². The van der Waals surface area contributed by atoms with Gasteiger partial charge in [-0.25, -0.2) is 4.99 Å². The molecule has 1 atom stereocenters. The molecule has 0 radical (unpaired) electrons. The molecule has 7 heteroatoms. The lowest BCUT2D eigenvalue weighted by molar-refractivity contribution is -0.127. The van der Waals surface area contributed by atoms with E-state index in [4.69, 9.17) is 4.74 Å².